The smallest absolute Gasteiger partial charge is 0.253 e. The summed E-state index contributed by atoms with van der Waals surface area (Å²) in [7, 11) is 0. The highest BCUT2D eigenvalue weighted by molar-refractivity contribution is 6.09. The van der Waals surface area contributed by atoms with Gasteiger partial charge in [0, 0.05) is 28.6 Å². The van der Waals surface area contributed by atoms with Crippen LogP contribution in [-0.4, -0.2) is 26.4 Å². The molecule has 3 heterocycles. The van der Waals surface area contributed by atoms with Crippen LogP contribution in [0.3, 0.4) is 0 Å². The van der Waals surface area contributed by atoms with E-state index in [0.717, 1.165) is 35.0 Å². The second kappa shape index (κ2) is 6.80. The lowest BCUT2D eigenvalue weighted by Gasteiger charge is -2.14. The lowest BCUT2D eigenvalue weighted by Crippen LogP contribution is -2.19. The van der Waals surface area contributed by atoms with Crippen LogP contribution in [0.1, 0.15) is 53.0 Å². The second-order valence-electron chi connectivity index (χ2n) is 8.67. The molecule has 0 saturated heterocycles. The zero-order valence-corrected chi connectivity index (χ0v) is 17.7. The standard InChI is InChI=1S/C23H24FN5O2/c1-11-14(15-10-13(24)4-6-16(15)26-11)5-7-17-27-21(29-23(3)8-9-23)19-18(20(25)30)12(2)31-22(19)28-17/h4,6,10,26H,5,7-9H2,1-3H3,(H2,25,30)(H,27,28,29). The third kappa shape index (κ3) is 3.41. The summed E-state index contributed by atoms with van der Waals surface area (Å²) in [5, 5.41) is 4.85. The predicted octanol–water partition coefficient (Wildman–Crippen LogP) is 4.31. The largest absolute Gasteiger partial charge is 0.442 e. The molecule has 1 aliphatic rings. The number of carbonyl (C=O) groups excluding carboxylic acids is 1. The van der Waals surface area contributed by atoms with Crippen LogP contribution in [0.5, 0.6) is 0 Å². The molecule has 160 valence electrons. The molecule has 1 amide bonds. The Kier molecular flexibility index (Phi) is 4.28. The summed E-state index contributed by atoms with van der Waals surface area (Å²) in [6.07, 6.45) is 3.23. The number of nitrogens with one attached hydrogen (secondary N) is 2. The van der Waals surface area contributed by atoms with Crippen LogP contribution >= 0.6 is 0 Å². The van der Waals surface area contributed by atoms with Crippen molar-refractivity contribution >= 4 is 33.7 Å². The van der Waals surface area contributed by atoms with Gasteiger partial charge in [-0.25, -0.2) is 9.37 Å². The first kappa shape index (κ1) is 19.5. The quantitative estimate of drug-likeness (QED) is 0.430. The molecule has 0 spiro atoms. The van der Waals surface area contributed by atoms with E-state index < -0.39 is 5.91 Å². The topological polar surface area (TPSA) is 110 Å². The number of nitrogens with zero attached hydrogens (tertiary/aromatic N) is 2. The Balaban J connectivity index is 1.54. The average molecular weight is 421 g/mol. The minimum absolute atomic E-state index is 0.0520. The third-order valence-corrected chi connectivity index (χ3v) is 6.12. The van der Waals surface area contributed by atoms with Crippen molar-refractivity contribution < 1.29 is 13.6 Å². The molecular weight excluding hydrogens is 397 g/mol. The van der Waals surface area contributed by atoms with E-state index >= 15 is 0 Å². The Morgan fingerprint density at radius 1 is 1.29 bits per heavy atom. The number of primary amides is 1. The van der Waals surface area contributed by atoms with E-state index in [2.05, 4.69) is 22.2 Å². The zero-order chi connectivity index (χ0) is 21.9. The number of benzene rings is 1. The van der Waals surface area contributed by atoms with Crippen molar-refractivity contribution in [2.75, 3.05) is 5.32 Å². The maximum absolute atomic E-state index is 13.8. The molecule has 1 fully saturated rings. The Morgan fingerprint density at radius 2 is 2.06 bits per heavy atom. The SMILES string of the molecule is Cc1[nH]c2ccc(F)cc2c1CCc1nc(NC2(C)CC2)c2c(C(N)=O)c(C)oc2n1. The highest BCUT2D eigenvalue weighted by Gasteiger charge is 2.38. The summed E-state index contributed by atoms with van der Waals surface area (Å²) >= 11 is 0. The maximum atomic E-state index is 13.8. The molecule has 1 aliphatic carbocycles. The molecule has 8 heteroatoms. The Labute approximate surface area is 178 Å². The average Bonchev–Trinajstić information content (AvgIpc) is 3.19. The number of aromatic nitrogens is 3. The number of furan rings is 1. The summed E-state index contributed by atoms with van der Waals surface area (Å²) in [4.78, 5) is 24.6. The molecule has 31 heavy (non-hydrogen) atoms. The monoisotopic (exact) mass is 421 g/mol. The number of H-pyrrole nitrogens is 1. The second-order valence-corrected chi connectivity index (χ2v) is 8.67. The summed E-state index contributed by atoms with van der Waals surface area (Å²) in [6, 6.07) is 4.75. The van der Waals surface area contributed by atoms with Crippen LogP contribution in [0.2, 0.25) is 0 Å². The van der Waals surface area contributed by atoms with Gasteiger partial charge in [0.2, 0.25) is 5.71 Å². The first-order valence-corrected chi connectivity index (χ1v) is 10.4. The number of nitrogens with two attached hydrogens (primary N) is 1. The van der Waals surface area contributed by atoms with Gasteiger partial charge < -0.3 is 20.5 Å². The Hall–Kier alpha value is -3.42. The number of carbonyl (C=O) groups is 1. The molecule has 0 radical (unpaired) electrons. The molecular formula is C23H24FN5O2. The highest BCUT2D eigenvalue weighted by Crippen LogP contribution is 2.40. The molecule has 4 aromatic rings. The van der Waals surface area contributed by atoms with Crippen molar-refractivity contribution in [2.45, 2.75) is 52.0 Å². The molecule has 7 nitrogen and oxygen atoms in total. The van der Waals surface area contributed by atoms with Gasteiger partial charge in [-0.2, -0.15) is 4.98 Å². The van der Waals surface area contributed by atoms with Crippen LogP contribution in [0, 0.1) is 19.7 Å². The van der Waals surface area contributed by atoms with Crippen molar-refractivity contribution in [3.05, 3.63) is 52.4 Å². The van der Waals surface area contributed by atoms with Gasteiger partial charge in [-0.3, -0.25) is 4.79 Å². The molecule has 0 aliphatic heterocycles. The maximum Gasteiger partial charge on any atom is 0.253 e. The van der Waals surface area contributed by atoms with Gasteiger partial charge in [0.25, 0.3) is 5.91 Å². The van der Waals surface area contributed by atoms with Crippen molar-refractivity contribution in [1.82, 2.24) is 15.0 Å². The van der Waals surface area contributed by atoms with E-state index in [1.165, 1.54) is 6.07 Å². The molecule has 0 bridgehead atoms. The first-order chi connectivity index (χ1) is 14.7. The lowest BCUT2D eigenvalue weighted by molar-refractivity contribution is 0.1000. The van der Waals surface area contributed by atoms with Gasteiger partial charge in [-0.1, -0.05) is 0 Å². The number of fused-ring (bicyclic) bond motifs is 2. The number of rotatable bonds is 6. The number of hydrogen-bond donors (Lipinski definition) is 3. The minimum Gasteiger partial charge on any atom is -0.442 e. The number of aromatic amines is 1. The van der Waals surface area contributed by atoms with Gasteiger partial charge in [-0.05, 0) is 63.8 Å². The Bertz CT molecular complexity index is 1350. The van der Waals surface area contributed by atoms with Crippen LogP contribution in [0.25, 0.3) is 22.0 Å². The number of amides is 1. The van der Waals surface area contributed by atoms with Crippen LogP contribution in [0.15, 0.2) is 22.6 Å². The summed E-state index contributed by atoms with van der Waals surface area (Å²) in [6.45, 7) is 5.79. The number of anilines is 1. The number of aryl methyl sites for hydroxylation is 4. The summed E-state index contributed by atoms with van der Waals surface area (Å²) in [5.41, 5.74) is 9.15. The number of halogens is 1. The van der Waals surface area contributed by atoms with E-state index in [9.17, 15) is 9.18 Å². The molecule has 0 atom stereocenters. The van der Waals surface area contributed by atoms with Crippen LogP contribution in [0.4, 0.5) is 10.2 Å². The molecule has 3 aromatic heterocycles. The van der Waals surface area contributed by atoms with E-state index in [0.29, 0.717) is 46.9 Å². The van der Waals surface area contributed by atoms with Crippen LogP contribution < -0.4 is 11.1 Å². The van der Waals surface area contributed by atoms with Crippen LogP contribution in [-0.2, 0) is 12.8 Å². The van der Waals surface area contributed by atoms with Crippen molar-refractivity contribution in [3.8, 4) is 0 Å². The minimum atomic E-state index is -0.562. The molecule has 1 saturated carbocycles. The predicted molar refractivity (Wildman–Crippen MR) is 117 cm³/mol. The summed E-state index contributed by atoms with van der Waals surface area (Å²) in [5.74, 6) is 0.773. The fourth-order valence-corrected chi connectivity index (χ4v) is 4.17. The van der Waals surface area contributed by atoms with Gasteiger partial charge in [0.1, 0.15) is 23.2 Å². The zero-order valence-electron chi connectivity index (χ0n) is 17.7. The van der Waals surface area contributed by atoms with E-state index in [-0.39, 0.29) is 11.4 Å². The van der Waals surface area contributed by atoms with Gasteiger partial charge in [0.15, 0.2) is 0 Å². The fourth-order valence-electron chi connectivity index (χ4n) is 4.17. The third-order valence-electron chi connectivity index (χ3n) is 6.12. The first-order valence-electron chi connectivity index (χ1n) is 10.4. The van der Waals surface area contributed by atoms with Crippen molar-refractivity contribution in [2.24, 2.45) is 5.73 Å². The van der Waals surface area contributed by atoms with Gasteiger partial charge in [0.05, 0.1) is 10.9 Å². The van der Waals surface area contributed by atoms with E-state index in [4.69, 9.17) is 15.1 Å². The summed E-state index contributed by atoms with van der Waals surface area (Å²) < 4.78 is 19.6. The molecule has 0 unspecified atom stereocenters. The number of hydrogen-bond acceptors (Lipinski definition) is 5. The molecule has 5 rings (SSSR count). The normalized spacial score (nSPS) is 15.0. The van der Waals surface area contributed by atoms with Gasteiger partial charge in [-0.15, -0.1) is 0 Å². The van der Waals surface area contributed by atoms with E-state index in [1.54, 1.807) is 19.1 Å². The van der Waals surface area contributed by atoms with Gasteiger partial charge >= 0.3 is 0 Å². The molecule has 1 aromatic carbocycles. The molecule has 4 N–H and O–H groups in total. The van der Waals surface area contributed by atoms with E-state index in [1.807, 2.05) is 6.92 Å². The van der Waals surface area contributed by atoms with Crippen molar-refractivity contribution in [1.29, 1.82) is 0 Å². The Morgan fingerprint density at radius 3 is 2.77 bits per heavy atom. The highest BCUT2D eigenvalue weighted by atomic mass is 19.1. The fraction of sp³-hybridized carbons (Fsp3) is 0.348. The van der Waals surface area contributed by atoms with Crippen molar-refractivity contribution in [3.63, 3.8) is 0 Å². The lowest BCUT2D eigenvalue weighted by atomic mass is 10.1.